The van der Waals surface area contributed by atoms with Crippen molar-refractivity contribution in [3.8, 4) is 16.5 Å². The average molecular weight is 245 g/mol. The molecule has 0 saturated heterocycles. The lowest BCUT2D eigenvalue weighted by molar-refractivity contribution is -0.137. The van der Waals surface area contributed by atoms with Gasteiger partial charge in [-0.05, 0) is 6.07 Å². The predicted molar refractivity (Wildman–Crippen MR) is 54.2 cm³/mol. The summed E-state index contributed by atoms with van der Waals surface area (Å²) in [5.74, 6) is -0.267. The molecule has 2 nitrogen and oxygen atoms in total. The van der Waals surface area contributed by atoms with Crippen molar-refractivity contribution in [2.75, 3.05) is 0 Å². The average Bonchev–Trinajstić information content (AvgIpc) is 2.64. The van der Waals surface area contributed by atoms with Crippen LogP contribution in [0.3, 0.4) is 0 Å². The molecule has 0 amide bonds. The Labute approximate surface area is 93.0 Å². The van der Waals surface area contributed by atoms with Crippen molar-refractivity contribution in [1.29, 1.82) is 0 Å². The molecule has 2 rings (SSSR count). The third-order valence-corrected chi connectivity index (χ3v) is 2.82. The molecule has 0 aliphatic carbocycles. The molecule has 0 spiro atoms. The molecule has 16 heavy (non-hydrogen) atoms. The first-order valence-electron chi connectivity index (χ1n) is 4.29. The van der Waals surface area contributed by atoms with Crippen molar-refractivity contribution in [2.24, 2.45) is 0 Å². The molecule has 0 unspecified atom stereocenters. The van der Waals surface area contributed by atoms with Gasteiger partial charge in [0.2, 0.25) is 5.88 Å². The molecule has 0 fully saturated rings. The van der Waals surface area contributed by atoms with E-state index >= 15 is 0 Å². The van der Waals surface area contributed by atoms with Crippen LogP contribution in [0.25, 0.3) is 10.6 Å². The Morgan fingerprint density at radius 2 is 1.88 bits per heavy atom. The summed E-state index contributed by atoms with van der Waals surface area (Å²) < 4.78 is 38.0. The summed E-state index contributed by atoms with van der Waals surface area (Å²) in [5.41, 5.74) is -0.760. The Kier molecular flexibility index (Phi) is 2.59. The van der Waals surface area contributed by atoms with Crippen LogP contribution in [0.5, 0.6) is 5.88 Å². The van der Waals surface area contributed by atoms with E-state index in [-0.39, 0.29) is 16.5 Å². The molecule has 0 aliphatic heterocycles. The zero-order chi connectivity index (χ0) is 11.8. The summed E-state index contributed by atoms with van der Waals surface area (Å²) >= 11 is 0.972. The van der Waals surface area contributed by atoms with Gasteiger partial charge in [0.05, 0.1) is 10.9 Å². The number of halogens is 3. The van der Waals surface area contributed by atoms with E-state index in [0.29, 0.717) is 0 Å². The van der Waals surface area contributed by atoms with E-state index in [1.54, 1.807) is 0 Å². The van der Waals surface area contributed by atoms with Gasteiger partial charge in [0, 0.05) is 5.56 Å². The molecule has 2 aromatic rings. The van der Waals surface area contributed by atoms with Gasteiger partial charge in [0.25, 0.3) is 0 Å². The normalized spacial score (nSPS) is 11.7. The van der Waals surface area contributed by atoms with E-state index in [2.05, 4.69) is 4.98 Å². The Balaban J connectivity index is 2.57. The number of nitrogens with zero attached hydrogens (tertiary/aromatic N) is 1. The Hall–Kier alpha value is -1.56. The monoisotopic (exact) mass is 245 g/mol. The maximum Gasteiger partial charge on any atom is 0.417 e. The van der Waals surface area contributed by atoms with Gasteiger partial charge in [-0.1, -0.05) is 18.2 Å². The molecular formula is C10H6F3NOS. The number of benzene rings is 1. The number of aromatic hydroxyl groups is 1. The maximum atomic E-state index is 12.7. The van der Waals surface area contributed by atoms with E-state index in [1.165, 1.54) is 23.6 Å². The number of aromatic nitrogens is 1. The zero-order valence-electron chi connectivity index (χ0n) is 7.82. The molecule has 1 heterocycles. The first-order chi connectivity index (χ1) is 7.48. The highest BCUT2D eigenvalue weighted by molar-refractivity contribution is 7.13. The number of hydrogen-bond donors (Lipinski definition) is 1. The first-order valence-corrected chi connectivity index (χ1v) is 5.17. The van der Waals surface area contributed by atoms with Crippen LogP contribution in [-0.2, 0) is 6.18 Å². The van der Waals surface area contributed by atoms with Crippen LogP contribution >= 0.6 is 11.3 Å². The molecule has 1 aromatic heterocycles. The quantitative estimate of drug-likeness (QED) is 0.833. The SMILES string of the molecule is Oc1csc(-c2ccccc2C(F)(F)F)n1. The minimum Gasteiger partial charge on any atom is -0.493 e. The van der Waals surface area contributed by atoms with Crippen molar-refractivity contribution >= 4 is 11.3 Å². The molecule has 1 aromatic carbocycles. The van der Waals surface area contributed by atoms with Crippen LogP contribution < -0.4 is 0 Å². The number of thiazole rings is 1. The smallest absolute Gasteiger partial charge is 0.417 e. The molecule has 0 saturated carbocycles. The topological polar surface area (TPSA) is 33.1 Å². The summed E-state index contributed by atoms with van der Waals surface area (Å²) in [6.45, 7) is 0. The van der Waals surface area contributed by atoms with Crippen LogP contribution in [0.15, 0.2) is 29.6 Å². The van der Waals surface area contributed by atoms with E-state index in [1.807, 2.05) is 0 Å². The highest BCUT2D eigenvalue weighted by atomic mass is 32.1. The van der Waals surface area contributed by atoms with Gasteiger partial charge in [-0.3, -0.25) is 0 Å². The lowest BCUT2D eigenvalue weighted by Gasteiger charge is -2.10. The largest absolute Gasteiger partial charge is 0.493 e. The molecule has 6 heteroatoms. The van der Waals surface area contributed by atoms with Crippen molar-refractivity contribution in [3.63, 3.8) is 0 Å². The van der Waals surface area contributed by atoms with E-state index in [0.717, 1.165) is 17.4 Å². The molecule has 0 bridgehead atoms. The zero-order valence-corrected chi connectivity index (χ0v) is 8.64. The van der Waals surface area contributed by atoms with Gasteiger partial charge in [-0.2, -0.15) is 13.2 Å². The second-order valence-corrected chi connectivity index (χ2v) is 3.91. The summed E-state index contributed by atoms with van der Waals surface area (Å²) in [6, 6.07) is 5.15. The van der Waals surface area contributed by atoms with Gasteiger partial charge < -0.3 is 5.11 Å². The fourth-order valence-electron chi connectivity index (χ4n) is 1.31. The van der Waals surface area contributed by atoms with Crippen LogP contribution in [0.1, 0.15) is 5.56 Å². The van der Waals surface area contributed by atoms with Crippen LogP contribution in [0, 0.1) is 0 Å². The summed E-state index contributed by atoms with van der Waals surface area (Å²) in [4.78, 5) is 3.63. The second-order valence-electron chi connectivity index (χ2n) is 3.05. The van der Waals surface area contributed by atoms with Gasteiger partial charge in [0.1, 0.15) is 5.01 Å². The minimum atomic E-state index is -4.42. The Morgan fingerprint density at radius 3 is 2.44 bits per heavy atom. The van der Waals surface area contributed by atoms with Crippen LogP contribution in [0.2, 0.25) is 0 Å². The molecule has 1 N–H and O–H groups in total. The molecular weight excluding hydrogens is 239 g/mol. The number of alkyl halides is 3. The van der Waals surface area contributed by atoms with Crippen LogP contribution in [-0.4, -0.2) is 10.1 Å². The lowest BCUT2D eigenvalue weighted by Crippen LogP contribution is -2.06. The van der Waals surface area contributed by atoms with Crippen molar-refractivity contribution in [1.82, 2.24) is 4.98 Å². The summed E-state index contributed by atoms with van der Waals surface area (Å²) in [5, 5.41) is 10.5. The predicted octanol–water partition coefficient (Wildman–Crippen LogP) is 3.53. The second kappa shape index (κ2) is 3.79. The van der Waals surface area contributed by atoms with Gasteiger partial charge in [-0.25, -0.2) is 4.98 Å². The molecule has 84 valence electrons. The van der Waals surface area contributed by atoms with Crippen molar-refractivity contribution in [2.45, 2.75) is 6.18 Å². The third kappa shape index (κ3) is 2.01. The molecule has 0 aliphatic rings. The Bertz CT molecular complexity index is 507. The number of hydrogen-bond acceptors (Lipinski definition) is 3. The van der Waals surface area contributed by atoms with Crippen molar-refractivity contribution in [3.05, 3.63) is 35.2 Å². The third-order valence-electron chi connectivity index (χ3n) is 1.95. The van der Waals surface area contributed by atoms with E-state index in [9.17, 15) is 13.2 Å². The highest BCUT2D eigenvalue weighted by Gasteiger charge is 2.33. The Morgan fingerprint density at radius 1 is 1.19 bits per heavy atom. The number of rotatable bonds is 1. The summed E-state index contributed by atoms with van der Waals surface area (Å²) in [6.07, 6.45) is -4.42. The maximum absolute atomic E-state index is 12.7. The first kappa shape index (κ1) is 10.9. The van der Waals surface area contributed by atoms with Gasteiger partial charge in [0.15, 0.2) is 0 Å². The standard InChI is InChI=1S/C10H6F3NOS/c11-10(12,13)7-4-2-1-3-6(7)9-14-8(15)5-16-9/h1-5,15H. The van der Waals surface area contributed by atoms with Gasteiger partial charge >= 0.3 is 6.18 Å². The van der Waals surface area contributed by atoms with Crippen molar-refractivity contribution < 1.29 is 18.3 Å². The summed E-state index contributed by atoms with van der Waals surface area (Å²) in [7, 11) is 0. The van der Waals surface area contributed by atoms with Gasteiger partial charge in [-0.15, -0.1) is 11.3 Å². The minimum absolute atomic E-state index is 0.0136. The fraction of sp³-hybridized carbons (Fsp3) is 0.100. The molecule has 0 atom stereocenters. The lowest BCUT2D eigenvalue weighted by atomic mass is 10.1. The van der Waals surface area contributed by atoms with Crippen LogP contribution in [0.4, 0.5) is 13.2 Å². The van der Waals surface area contributed by atoms with E-state index < -0.39 is 11.7 Å². The van der Waals surface area contributed by atoms with E-state index in [4.69, 9.17) is 5.11 Å². The fourth-order valence-corrected chi connectivity index (χ4v) is 2.03. The molecule has 0 radical (unpaired) electrons. The highest BCUT2D eigenvalue weighted by Crippen LogP contribution is 2.38.